The molecule has 0 aromatic carbocycles. The highest BCUT2D eigenvalue weighted by Crippen LogP contribution is 2.11. The molecule has 1 saturated heterocycles. The van der Waals surface area contributed by atoms with Crippen LogP contribution >= 0.6 is 0 Å². The number of sulfone groups is 1. The van der Waals surface area contributed by atoms with Gasteiger partial charge < -0.3 is 5.32 Å². The molecule has 1 aliphatic rings. The van der Waals surface area contributed by atoms with Gasteiger partial charge in [0, 0.05) is 18.4 Å². The first-order chi connectivity index (χ1) is 7.66. The molecule has 0 aliphatic carbocycles. The fourth-order valence-corrected chi connectivity index (χ4v) is 3.71. The minimum atomic E-state index is -3.01. The standard InChI is InChI=1S/C11H16N2O2S/c14-16(15,9-11-2-1-5-13-11)8-10-3-6-12-7-4-10/h3-4,6-7,11,13H,1-2,5,8-9H2/t11-/m1/s1. The first-order valence-electron chi connectivity index (χ1n) is 5.48. The van der Waals surface area contributed by atoms with E-state index in [2.05, 4.69) is 10.3 Å². The van der Waals surface area contributed by atoms with Gasteiger partial charge in [-0.3, -0.25) is 4.98 Å². The van der Waals surface area contributed by atoms with Gasteiger partial charge in [-0.1, -0.05) is 0 Å². The summed E-state index contributed by atoms with van der Waals surface area (Å²) >= 11 is 0. The Hall–Kier alpha value is -0.940. The molecule has 2 rings (SSSR count). The molecule has 88 valence electrons. The molecule has 0 amide bonds. The van der Waals surface area contributed by atoms with Crippen molar-refractivity contribution >= 4 is 9.84 Å². The molecule has 0 radical (unpaired) electrons. The van der Waals surface area contributed by atoms with E-state index >= 15 is 0 Å². The van der Waals surface area contributed by atoms with E-state index in [-0.39, 0.29) is 17.5 Å². The molecule has 1 aliphatic heterocycles. The van der Waals surface area contributed by atoms with Crippen molar-refractivity contribution in [3.05, 3.63) is 30.1 Å². The second-order valence-corrected chi connectivity index (χ2v) is 6.31. The van der Waals surface area contributed by atoms with Crippen LogP contribution in [0.2, 0.25) is 0 Å². The predicted molar refractivity (Wildman–Crippen MR) is 62.8 cm³/mol. The van der Waals surface area contributed by atoms with Crippen LogP contribution in [0.5, 0.6) is 0 Å². The topological polar surface area (TPSA) is 59.1 Å². The zero-order chi connectivity index (χ0) is 11.4. The summed E-state index contributed by atoms with van der Waals surface area (Å²) in [6.07, 6.45) is 5.29. The highest BCUT2D eigenvalue weighted by atomic mass is 32.2. The molecule has 16 heavy (non-hydrogen) atoms. The van der Waals surface area contributed by atoms with Gasteiger partial charge in [-0.15, -0.1) is 0 Å². The van der Waals surface area contributed by atoms with Crippen LogP contribution in [-0.4, -0.2) is 31.7 Å². The number of nitrogens with zero attached hydrogens (tertiary/aromatic N) is 1. The molecule has 0 unspecified atom stereocenters. The van der Waals surface area contributed by atoms with Gasteiger partial charge in [0.15, 0.2) is 9.84 Å². The van der Waals surface area contributed by atoms with Crippen LogP contribution < -0.4 is 5.32 Å². The summed E-state index contributed by atoms with van der Waals surface area (Å²) in [5.41, 5.74) is 0.813. The third-order valence-corrected chi connectivity index (χ3v) is 4.44. The van der Waals surface area contributed by atoms with Gasteiger partial charge in [0.25, 0.3) is 0 Å². The zero-order valence-corrected chi connectivity index (χ0v) is 9.91. The molecule has 1 fully saturated rings. The number of rotatable bonds is 4. The van der Waals surface area contributed by atoms with Crippen LogP contribution in [0, 0.1) is 0 Å². The molecule has 4 nitrogen and oxygen atoms in total. The fourth-order valence-electron chi connectivity index (χ4n) is 2.00. The maximum Gasteiger partial charge on any atom is 0.155 e. The first-order valence-corrected chi connectivity index (χ1v) is 7.30. The Morgan fingerprint density at radius 1 is 1.38 bits per heavy atom. The van der Waals surface area contributed by atoms with Gasteiger partial charge in [-0.05, 0) is 37.1 Å². The average Bonchev–Trinajstić information content (AvgIpc) is 2.70. The molecule has 5 heteroatoms. The predicted octanol–water partition coefficient (Wildman–Crippen LogP) is 0.748. The van der Waals surface area contributed by atoms with Crippen molar-refractivity contribution in [3.8, 4) is 0 Å². The summed E-state index contributed by atoms with van der Waals surface area (Å²) in [4.78, 5) is 3.87. The molecule has 0 bridgehead atoms. The number of pyridine rings is 1. The van der Waals surface area contributed by atoms with E-state index in [0.29, 0.717) is 0 Å². The van der Waals surface area contributed by atoms with Crippen molar-refractivity contribution in [3.63, 3.8) is 0 Å². The van der Waals surface area contributed by atoms with Crippen molar-refractivity contribution in [1.29, 1.82) is 0 Å². The molecule has 1 N–H and O–H groups in total. The van der Waals surface area contributed by atoms with E-state index in [4.69, 9.17) is 0 Å². The third kappa shape index (κ3) is 3.28. The molecule has 1 aromatic rings. The second-order valence-electron chi connectivity index (χ2n) is 4.20. The van der Waals surface area contributed by atoms with Crippen molar-refractivity contribution in [2.75, 3.05) is 12.3 Å². The molecule has 0 spiro atoms. The maximum atomic E-state index is 11.9. The van der Waals surface area contributed by atoms with Crippen molar-refractivity contribution < 1.29 is 8.42 Å². The number of hydrogen-bond donors (Lipinski definition) is 1. The fraction of sp³-hybridized carbons (Fsp3) is 0.545. The lowest BCUT2D eigenvalue weighted by atomic mass is 10.3. The third-order valence-electron chi connectivity index (χ3n) is 2.75. The minimum Gasteiger partial charge on any atom is -0.313 e. The van der Waals surface area contributed by atoms with Crippen LogP contribution in [-0.2, 0) is 15.6 Å². The number of aromatic nitrogens is 1. The summed E-state index contributed by atoms with van der Waals surface area (Å²) in [7, 11) is -3.01. The molecular formula is C11H16N2O2S. The van der Waals surface area contributed by atoms with Gasteiger partial charge in [0.2, 0.25) is 0 Å². The SMILES string of the molecule is O=S(=O)(Cc1ccncc1)C[C@H]1CCCN1. The number of nitrogens with one attached hydrogen (secondary N) is 1. The highest BCUT2D eigenvalue weighted by Gasteiger charge is 2.22. The Labute approximate surface area is 96.0 Å². The van der Waals surface area contributed by atoms with E-state index in [0.717, 1.165) is 24.9 Å². The van der Waals surface area contributed by atoms with Gasteiger partial charge in [0.05, 0.1) is 11.5 Å². The highest BCUT2D eigenvalue weighted by molar-refractivity contribution is 7.90. The Bertz CT molecular complexity index is 425. The number of hydrogen-bond acceptors (Lipinski definition) is 4. The monoisotopic (exact) mass is 240 g/mol. The van der Waals surface area contributed by atoms with Crippen LogP contribution in [0.3, 0.4) is 0 Å². The molecular weight excluding hydrogens is 224 g/mol. The Morgan fingerprint density at radius 3 is 2.75 bits per heavy atom. The first kappa shape index (κ1) is 11.5. The lowest BCUT2D eigenvalue weighted by molar-refractivity contribution is 0.576. The van der Waals surface area contributed by atoms with Crippen LogP contribution in [0.25, 0.3) is 0 Å². The molecule has 1 atom stereocenters. The second kappa shape index (κ2) is 4.93. The van der Waals surface area contributed by atoms with Crippen LogP contribution in [0.4, 0.5) is 0 Å². The normalized spacial score (nSPS) is 21.1. The van der Waals surface area contributed by atoms with E-state index in [1.807, 2.05) is 0 Å². The van der Waals surface area contributed by atoms with Gasteiger partial charge in [-0.2, -0.15) is 0 Å². The van der Waals surface area contributed by atoms with E-state index in [9.17, 15) is 8.42 Å². The van der Waals surface area contributed by atoms with E-state index in [1.54, 1.807) is 24.5 Å². The summed E-state index contributed by atoms with van der Waals surface area (Å²) in [5.74, 6) is 0.364. The summed E-state index contributed by atoms with van der Waals surface area (Å²) in [6.45, 7) is 0.940. The molecule has 0 saturated carbocycles. The Morgan fingerprint density at radius 2 is 2.12 bits per heavy atom. The van der Waals surface area contributed by atoms with Gasteiger partial charge in [0.1, 0.15) is 0 Å². The Balaban J connectivity index is 1.97. The average molecular weight is 240 g/mol. The summed E-state index contributed by atoms with van der Waals surface area (Å²) < 4.78 is 23.8. The van der Waals surface area contributed by atoms with Gasteiger partial charge in [-0.25, -0.2) is 8.42 Å². The Kier molecular flexibility index (Phi) is 3.56. The van der Waals surface area contributed by atoms with E-state index < -0.39 is 9.84 Å². The maximum absolute atomic E-state index is 11.9. The van der Waals surface area contributed by atoms with Crippen molar-refractivity contribution in [1.82, 2.24) is 10.3 Å². The van der Waals surface area contributed by atoms with Crippen molar-refractivity contribution in [2.24, 2.45) is 0 Å². The quantitative estimate of drug-likeness (QED) is 0.843. The van der Waals surface area contributed by atoms with E-state index in [1.165, 1.54) is 0 Å². The summed E-state index contributed by atoms with van der Waals surface area (Å²) in [5, 5.41) is 3.21. The summed E-state index contributed by atoms with van der Waals surface area (Å²) in [6, 6.07) is 3.64. The van der Waals surface area contributed by atoms with Crippen molar-refractivity contribution in [2.45, 2.75) is 24.6 Å². The van der Waals surface area contributed by atoms with Gasteiger partial charge >= 0.3 is 0 Å². The minimum absolute atomic E-state index is 0.119. The smallest absolute Gasteiger partial charge is 0.155 e. The zero-order valence-electron chi connectivity index (χ0n) is 9.09. The van der Waals surface area contributed by atoms with Crippen LogP contribution in [0.1, 0.15) is 18.4 Å². The molecule has 2 heterocycles. The largest absolute Gasteiger partial charge is 0.313 e. The lowest BCUT2D eigenvalue weighted by Crippen LogP contribution is -2.30. The van der Waals surface area contributed by atoms with Crippen LogP contribution in [0.15, 0.2) is 24.5 Å². The lowest BCUT2D eigenvalue weighted by Gasteiger charge is -2.10. The molecule has 1 aromatic heterocycles.